The fraction of sp³-hybridized carbons (Fsp3) is 0.462. The third-order valence-electron chi connectivity index (χ3n) is 2.86. The van der Waals surface area contributed by atoms with E-state index in [4.69, 9.17) is 26.8 Å². The molecule has 0 aromatic carbocycles. The van der Waals surface area contributed by atoms with Crippen molar-refractivity contribution < 1.29 is 14.3 Å². The van der Waals surface area contributed by atoms with Crippen molar-refractivity contribution in [1.82, 2.24) is 14.5 Å². The maximum absolute atomic E-state index is 10.7. The summed E-state index contributed by atoms with van der Waals surface area (Å²) in [6.07, 6.45) is 0. The first-order valence-electron chi connectivity index (χ1n) is 6.44. The number of primary amides is 1. The van der Waals surface area contributed by atoms with Crippen LogP contribution in [0, 0.1) is 0 Å². The highest BCUT2D eigenvalue weighted by Crippen LogP contribution is 2.24. The number of hydrogen-bond donors (Lipinski definition) is 1. The summed E-state index contributed by atoms with van der Waals surface area (Å²) in [6, 6.07) is 3.57. The average Bonchev–Trinajstić information content (AvgIpc) is 2.81. The number of rotatable bonds is 7. The molecule has 0 aliphatic heterocycles. The molecule has 2 heterocycles. The Labute approximate surface area is 127 Å². The fourth-order valence-corrected chi connectivity index (χ4v) is 2.13. The molecule has 0 aliphatic rings. The van der Waals surface area contributed by atoms with E-state index < -0.39 is 5.91 Å². The lowest BCUT2D eigenvalue weighted by atomic mass is 10.4. The lowest BCUT2D eigenvalue weighted by Gasteiger charge is -2.10. The van der Waals surface area contributed by atoms with Gasteiger partial charge in [0.2, 0.25) is 11.8 Å². The molecule has 0 saturated carbocycles. The van der Waals surface area contributed by atoms with Gasteiger partial charge >= 0.3 is 0 Å². The van der Waals surface area contributed by atoms with Gasteiger partial charge in [0.15, 0.2) is 5.65 Å². The molecule has 0 bridgehead atoms. The number of ether oxygens (including phenoxy) is 2. The number of imidazole rings is 1. The Balaban J connectivity index is 2.28. The number of carbonyl (C=O) groups excluding carboxylic acids is 1. The zero-order valence-electron chi connectivity index (χ0n) is 11.9. The Morgan fingerprint density at radius 2 is 2.24 bits per heavy atom. The van der Waals surface area contributed by atoms with Crippen LogP contribution in [0.25, 0.3) is 11.2 Å². The number of nitrogens with zero attached hydrogens (tertiary/aromatic N) is 3. The van der Waals surface area contributed by atoms with Crippen LogP contribution in [0.1, 0.15) is 18.1 Å². The molecule has 7 nitrogen and oxygen atoms in total. The zero-order valence-corrected chi connectivity index (χ0v) is 12.6. The Hall–Kier alpha value is -1.86. The van der Waals surface area contributed by atoms with Crippen LogP contribution >= 0.6 is 11.6 Å². The van der Waals surface area contributed by atoms with Crippen LogP contribution in [0.5, 0.6) is 5.88 Å². The number of hydrogen-bond acceptors (Lipinski definition) is 5. The predicted molar refractivity (Wildman–Crippen MR) is 78.4 cm³/mol. The highest BCUT2D eigenvalue weighted by Gasteiger charge is 2.16. The van der Waals surface area contributed by atoms with E-state index in [9.17, 15) is 4.79 Å². The van der Waals surface area contributed by atoms with Crippen LogP contribution in [0.15, 0.2) is 12.1 Å². The second-order valence-corrected chi connectivity index (χ2v) is 5.11. The van der Waals surface area contributed by atoms with Gasteiger partial charge in [0.25, 0.3) is 0 Å². The summed E-state index contributed by atoms with van der Waals surface area (Å²) in [5, 5.41) is -0.277. The molecule has 8 heteroatoms. The van der Waals surface area contributed by atoms with Crippen LogP contribution in [0.3, 0.4) is 0 Å². The van der Waals surface area contributed by atoms with Gasteiger partial charge in [-0.2, -0.15) is 4.98 Å². The molecule has 2 N–H and O–H groups in total. The van der Waals surface area contributed by atoms with Crippen LogP contribution < -0.4 is 10.5 Å². The second kappa shape index (κ2) is 6.73. The summed E-state index contributed by atoms with van der Waals surface area (Å²) < 4.78 is 12.2. The molecular weight excluding hydrogens is 296 g/mol. The molecule has 1 unspecified atom stereocenters. The first kappa shape index (κ1) is 15.5. The number of amides is 1. The highest BCUT2D eigenvalue weighted by molar-refractivity contribution is 6.20. The summed E-state index contributed by atoms with van der Waals surface area (Å²) >= 11 is 6.16. The van der Waals surface area contributed by atoms with Crippen molar-refractivity contribution in [1.29, 1.82) is 0 Å². The van der Waals surface area contributed by atoms with Gasteiger partial charge < -0.3 is 19.8 Å². The maximum Gasteiger partial charge on any atom is 0.243 e. The van der Waals surface area contributed by atoms with Crippen molar-refractivity contribution in [3.05, 3.63) is 18.0 Å². The van der Waals surface area contributed by atoms with Gasteiger partial charge in [0.05, 0.1) is 19.1 Å². The average molecular weight is 313 g/mol. The summed E-state index contributed by atoms with van der Waals surface area (Å²) in [5.41, 5.74) is 6.42. The van der Waals surface area contributed by atoms with Crippen molar-refractivity contribution in [3.63, 3.8) is 0 Å². The van der Waals surface area contributed by atoms with E-state index in [1.54, 1.807) is 13.2 Å². The van der Waals surface area contributed by atoms with Gasteiger partial charge in [-0.05, 0) is 13.0 Å². The third-order valence-corrected chi connectivity index (χ3v) is 3.06. The van der Waals surface area contributed by atoms with E-state index >= 15 is 0 Å². The van der Waals surface area contributed by atoms with Crippen LogP contribution in [-0.2, 0) is 16.1 Å². The van der Waals surface area contributed by atoms with Gasteiger partial charge in [0, 0.05) is 12.6 Å². The molecule has 0 fully saturated rings. The fourth-order valence-electron chi connectivity index (χ4n) is 1.97. The van der Waals surface area contributed by atoms with E-state index in [1.165, 1.54) is 0 Å². The Kier molecular flexibility index (Phi) is 4.98. The van der Waals surface area contributed by atoms with Crippen molar-refractivity contribution in [2.45, 2.75) is 18.8 Å². The summed E-state index contributed by atoms with van der Waals surface area (Å²) in [5.74, 6) is 0.682. The normalized spacial score (nSPS) is 12.5. The standard InChI is InChI=1S/C13H17ClN4O3/c1-8(14)12-16-9-3-4-11(20-2)17-13(9)18(12)5-6-21-7-10(15)19/h3-4,8H,5-7H2,1-2H3,(H2,15,19). The molecule has 0 spiro atoms. The summed E-state index contributed by atoms with van der Waals surface area (Å²) in [6.45, 7) is 2.50. The maximum atomic E-state index is 10.7. The van der Waals surface area contributed by atoms with Gasteiger partial charge in [-0.15, -0.1) is 11.6 Å². The molecule has 2 aromatic heterocycles. The van der Waals surface area contributed by atoms with Crippen LogP contribution in [0.4, 0.5) is 0 Å². The SMILES string of the molecule is COc1ccc2nc(C(C)Cl)n(CCOCC(N)=O)c2n1. The highest BCUT2D eigenvalue weighted by atomic mass is 35.5. The third kappa shape index (κ3) is 3.62. The molecule has 1 atom stereocenters. The predicted octanol–water partition coefficient (Wildman–Crippen LogP) is 1.24. The number of methoxy groups -OCH3 is 1. The number of aromatic nitrogens is 3. The number of carbonyl (C=O) groups is 1. The molecule has 0 saturated heterocycles. The molecule has 2 aromatic rings. The Bertz CT molecular complexity index is 642. The lowest BCUT2D eigenvalue weighted by Crippen LogP contribution is -2.20. The molecule has 0 aliphatic carbocycles. The lowest BCUT2D eigenvalue weighted by molar-refractivity contribution is -0.122. The van der Waals surface area contributed by atoms with Gasteiger partial charge in [-0.3, -0.25) is 4.79 Å². The first-order chi connectivity index (χ1) is 10.0. The van der Waals surface area contributed by atoms with Crippen molar-refractivity contribution >= 4 is 28.7 Å². The van der Waals surface area contributed by atoms with E-state index in [0.717, 1.165) is 5.52 Å². The largest absolute Gasteiger partial charge is 0.481 e. The summed E-state index contributed by atoms with van der Waals surface area (Å²) in [7, 11) is 1.55. The molecule has 114 valence electrons. The second-order valence-electron chi connectivity index (χ2n) is 4.45. The minimum atomic E-state index is -0.504. The number of alkyl halides is 1. The number of fused-ring (bicyclic) bond motifs is 1. The Morgan fingerprint density at radius 3 is 2.86 bits per heavy atom. The van der Waals surface area contributed by atoms with E-state index in [1.807, 2.05) is 17.6 Å². The zero-order chi connectivity index (χ0) is 15.4. The minimum absolute atomic E-state index is 0.116. The van der Waals surface area contributed by atoms with Gasteiger partial charge in [-0.25, -0.2) is 4.98 Å². The summed E-state index contributed by atoms with van der Waals surface area (Å²) in [4.78, 5) is 19.5. The number of pyridine rings is 1. The quantitative estimate of drug-likeness (QED) is 0.613. The van der Waals surface area contributed by atoms with Crippen LogP contribution in [0.2, 0.25) is 0 Å². The monoisotopic (exact) mass is 312 g/mol. The van der Waals surface area contributed by atoms with Crippen LogP contribution in [-0.4, -0.2) is 40.8 Å². The van der Waals surface area contributed by atoms with E-state index in [2.05, 4.69) is 9.97 Å². The first-order valence-corrected chi connectivity index (χ1v) is 6.88. The van der Waals surface area contributed by atoms with Crippen molar-refractivity contribution in [3.8, 4) is 5.88 Å². The van der Waals surface area contributed by atoms with E-state index in [-0.39, 0.29) is 12.0 Å². The minimum Gasteiger partial charge on any atom is -0.481 e. The number of nitrogens with two attached hydrogens (primary N) is 1. The van der Waals surface area contributed by atoms with Gasteiger partial charge in [0.1, 0.15) is 17.9 Å². The molecule has 21 heavy (non-hydrogen) atoms. The number of halogens is 1. The van der Waals surface area contributed by atoms with Crippen molar-refractivity contribution in [2.24, 2.45) is 5.73 Å². The molecule has 2 rings (SSSR count). The molecular formula is C13H17ClN4O3. The van der Waals surface area contributed by atoms with Gasteiger partial charge in [-0.1, -0.05) is 0 Å². The Morgan fingerprint density at radius 1 is 1.48 bits per heavy atom. The topological polar surface area (TPSA) is 92.3 Å². The molecule has 1 amide bonds. The van der Waals surface area contributed by atoms with Crippen molar-refractivity contribution in [2.75, 3.05) is 20.3 Å². The smallest absolute Gasteiger partial charge is 0.243 e. The van der Waals surface area contributed by atoms with E-state index in [0.29, 0.717) is 30.5 Å². The molecule has 0 radical (unpaired) electrons.